The molecule has 0 fully saturated rings. The van der Waals surface area contributed by atoms with E-state index in [1.54, 1.807) is 15.9 Å². The molecule has 0 spiro atoms. The van der Waals surface area contributed by atoms with Crippen molar-refractivity contribution in [2.45, 2.75) is 52.0 Å². The highest BCUT2D eigenvalue weighted by Crippen LogP contribution is 2.25. The molecule has 0 bridgehead atoms. The number of thiophene rings is 1. The SMILES string of the molecule is CCCCn1c(=O)[nH]c2c(CCCCC(=O)O)scc21. The Balaban J connectivity index is 2.08. The molecule has 0 amide bonds. The van der Waals surface area contributed by atoms with Crippen molar-refractivity contribution in [1.82, 2.24) is 9.55 Å². The van der Waals surface area contributed by atoms with Crippen LogP contribution in [0.4, 0.5) is 0 Å². The van der Waals surface area contributed by atoms with Crippen LogP contribution in [-0.4, -0.2) is 20.6 Å². The normalized spacial score (nSPS) is 11.2. The molecule has 2 heterocycles. The fourth-order valence-electron chi connectivity index (χ4n) is 2.29. The lowest BCUT2D eigenvalue weighted by molar-refractivity contribution is -0.137. The van der Waals surface area contributed by atoms with Gasteiger partial charge in [-0.05, 0) is 25.7 Å². The number of carboxylic acids is 1. The van der Waals surface area contributed by atoms with Crippen LogP contribution in [-0.2, 0) is 17.8 Å². The van der Waals surface area contributed by atoms with Gasteiger partial charge >= 0.3 is 11.7 Å². The fraction of sp³-hybridized carbons (Fsp3) is 0.571. The minimum Gasteiger partial charge on any atom is -0.481 e. The summed E-state index contributed by atoms with van der Waals surface area (Å²) in [7, 11) is 0. The highest BCUT2D eigenvalue weighted by molar-refractivity contribution is 7.11. The molecule has 0 aliphatic heterocycles. The second kappa shape index (κ2) is 6.74. The standard InChI is InChI=1S/C14H20N2O3S/c1-2-3-8-16-10-9-20-11(13(10)15-14(16)19)6-4-5-7-12(17)18/h9H,2-8H2,1H3,(H,15,19)(H,17,18). The second-order valence-electron chi connectivity index (χ2n) is 4.96. The van der Waals surface area contributed by atoms with Gasteiger partial charge in [0.05, 0.1) is 11.0 Å². The number of carbonyl (C=O) groups is 1. The molecule has 5 nitrogen and oxygen atoms in total. The van der Waals surface area contributed by atoms with Crippen LogP contribution in [0.3, 0.4) is 0 Å². The largest absolute Gasteiger partial charge is 0.481 e. The van der Waals surface area contributed by atoms with E-state index in [2.05, 4.69) is 11.9 Å². The molecular weight excluding hydrogens is 276 g/mol. The summed E-state index contributed by atoms with van der Waals surface area (Å²) >= 11 is 1.65. The van der Waals surface area contributed by atoms with Gasteiger partial charge in [0.25, 0.3) is 0 Å². The lowest BCUT2D eigenvalue weighted by atomic mass is 10.1. The van der Waals surface area contributed by atoms with Crippen LogP contribution in [0.2, 0.25) is 0 Å². The van der Waals surface area contributed by atoms with E-state index >= 15 is 0 Å². The van der Waals surface area contributed by atoms with E-state index in [4.69, 9.17) is 5.11 Å². The summed E-state index contributed by atoms with van der Waals surface area (Å²) in [6.45, 7) is 2.86. The summed E-state index contributed by atoms with van der Waals surface area (Å²) in [5.74, 6) is -0.750. The average Bonchev–Trinajstić information content (AvgIpc) is 2.91. The van der Waals surface area contributed by atoms with E-state index < -0.39 is 5.97 Å². The first-order valence-corrected chi connectivity index (χ1v) is 7.92. The molecule has 0 aliphatic rings. The number of unbranched alkanes of at least 4 members (excludes halogenated alkanes) is 2. The van der Waals surface area contributed by atoms with Crippen LogP contribution in [0.1, 0.15) is 43.9 Å². The van der Waals surface area contributed by atoms with Gasteiger partial charge in [-0.2, -0.15) is 0 Å². The quantitative estimate of drug-likeness (QED) is 0.735. The maximum Gasteiger partial charge on any atom is 0.326 e. The van der Waals surface area contributed by atoms with Crippen LogP contribution in [0.15, 0.2) is 10.2 Å². The van der Waals surface area contributed by atoms with Crippen molar-refractivity contribution in [1.29, 1.82) is 0 Å². The topological polar surface area (TPSA) is 75.1 Å². The predicted molar refractivity (Wildman–Crippen MR) is 80.5 cm³/mol. The Morgan fingerprint density at radius 2 is 2.20 bits per heavy atom. The maximum atomic E-state index is 11.9. The average molecular weight is 296 g/mol. The number of nitrogens with zero attached hydrogens (tertiary/aromatic N) is 1. The van der Waals surface area contributed by atoms with Gasteiger partial charge in [-0.1, -0.05) is 13.3 Å². The van der Waals surface area contributed by atoms with Crippen molar-refractivity contribution in [3.8, 4) is 0 Å². The Bertz CT molecular complexity index is 638. The number of rotatable bonds is 8. The third-order valence-electron chi connectivity index (χ3n) is 3.40. The third-order valence-corrected chi connectivity index (χ3v) is 4.43. The molecule has 0 aromatic carbocycles. The number of aromatic nitrogens is 2. The van der Waals surface area contributed by atoms with Gasteiger partial charge in [-0.25, -0.2) is 4.79 Å². The number of hydrogen-bond donors (Lipinski definition) is 2. The van der Waals surface area contributed by atoms with Gasteiger partial charge in [-0.15, -0.1) is 11.3 Å². The molecule has 0 saturated carbocycles. The van der Waals surface area contributed by atoms with E-state index in [0.717, 1.165) is 48.1 Å². The lowest BCUT2D eigenvalue weighted by Gasteiger charge is -1.98. The van der Waals surface area contributed by atoms with Crippen LogP contribution >= 0.6 is 11.3 Å². The minimum atomic E-state index is -0.750. The zero-order valence-electron chi connectivity index (χ0n) is 11.6. The number of carboxylic acid groups (broad SMARTS) is 1. The van der Waals surface area contributed by atoms with Crippen LogP contribution in [0.25, 0.3) is 11.0 Å². The van der Waals surface area contributed by atoms with E-state index in [1.165, 1.54) is 0 Å². The number of hydrogen-bond acceptors (Lipinski definition) is 3. The Morgan fingerprint density at radius 1 is 1.40 bits per heavy atom. The van der Waals surface area contributed by atoms with E-state index in [0.29, 0.717) is 6.42 Å². The Labute approximate surface area is 121 Å². The molecule has 2 aromatic rings. The Kier molecular flexibility index (Phi) is 5.00. The number of aliphatic carboxylic acids is 1. The minimum absolute atomic E-state index is 0.0389. The number of nitrogens with one attached hydrogen (secondary N) is 1. The Morgan fingerprint density at radius 3 is 2.90 bits per heavy atom. The van der Waals surface area contributed by atoms with E-state index in [-0.39, 0.29) is 12.1 Å². The molecule has 2 rings (SSSR count). The highest BCUT2D eigenvalue weighted by Gasteiger charge is 2.12. The molecular formula is C14H20N2O3S. The molecule has 6 heteroatoms. The fourth-order valence-corrected chi connectivity index (χ4v) is 3.32. The van der Waals surface area contributed by atoms with Gasteiger partial charge in [0, 0.05) is 23.2 Å². The molecule has 0 saturated heterocycles. The smallest absolute Gasteiger partial charge is 0.326 e. The number of H-pyrrole nitrogens is 1. The van der Waals surface area contributed by atoms with Crippen molar-refractivity contribution < 1.29 is 9.90 Å². The monoisotopic (exact) mass is 296 g/mol. The van der Waals surface area contributed by atoms with E-state index in [9.17, 15) is 9.59 Å². The number of aryl methyl sites for hydroxylation is 2. The summed E-state index contributed by atoms with van der Waals surface area (Å²) in [4.78, 5) is 26.5. The van der Waals surface area contributed by atoms with E-state index in [1.807, 2.05) is 5.38 Å². The predicted octanol–water partition coefficient (Wildman–Crippen LogP) is 2.99. The van der Waals surface area contributed by atoms with Gasteiger partial charge < -0.3 is 10.1 Å². The summed E-state index contributed by atoms with van der Waals surface area (Å²) in [6, 6.07) is 0. The van der Waals surface area contributed by atoms with Crippen LogP contribution in [0, 0.1) is 0 Å². The summed E-state index contributed by atoms with van der Waals surface area (Å²) < 4.78 is 1.80. The molecule has 20 heavy (non-hydrogen) atoms. The van der Waals surface area contributed by atoms with Crippen LogP contribution < -0.4 is 5.69 Å². The summed E-state index contributed by atoms with van der Waals surface area (Å²) in [5.41, 5.74) is 1.89. The van der Waals surface area contributed by atoms with Crippen molar-refractivity contribution in [3.05, 3.63) is 20.7 Å². The molecule has 0 unspecified atom stereocenters. The van der Waals surface area contributed by atoms with Crippen molar-refractivity contribution in [2.75, 3.05) is 0 Å². The number of imidazole rings is 1. The van der Waals surface area contributed by atoms with Gasteiger partial charge in [0.15, 0.2) is 0 Å². The van der Waals surface area contributed by atoms with Crippen molar-refractivity contribution in [3.63, 3.8) is 0 Å². The number of aromatic amines is 1. The first-order valence-electron chi connectivity index (χ1n) is 7.04. The summed E-state index contributed by atoms with van der Waals surface area (Å²) in [6.07, 6.45) is 4.61. The first kappa shape index (κ1) is 14.8. The first-order chi connectivity index (χ1) is 9.63. The summed E-state index contributed by atoms with van der Waals surface area (Å²) in [5, 5.41) is 10.6. The third kappa shape index (κ3) is 3.30. The molecule has 0 radical (unpaired) electrons. The highest BCUT2D eigenvalue weighted by atomic mass is 32.1. The zero-order chi connectivity index (χ0) is 14.5. The van der Waals surface area contributed by atoms with Gasteiger partial charge in [0.1, 0.15) is 0 Å². The molecule has 2 aromatic heterocycles. The zero-order valence-corrected chi connectivity index (χ0v) is 12.5. The molecule has 110 valence electrons. The van der Waals surface area contributed by atoms with Crippen molar-refractivity contribution in [2.24, 2.45) is 0 Å². The van der Waals surface area contributed by atoms with Gasteiger partial charge in [0.2, 0.25) is 0 Å². The van der Waals surface area contributed by atoms with Crippen molar-refractivity contribution >= 4 is 28.3 Å². The van der Waals surface area contributed by atoms with Crippen LogP contribution in [0.5, 0.6) is 0 Å². The Hall–Kier alpha value is -1.56. The lowest BCUT2D eigenvalue weighted by Crippen LogP contribution is -2.16. The molecule has 2 N–H and O–H groups in total. The molecule has 0 aliphatic carbocycles. The number of fused-ring (bicyclic) bond motifs is 1. The molecule has 0 atom stereocenters. The maximum absolute atomic E-state index is 11.9. The van der Waals surface area contributed by atoms with Gasteiger partial charge in [-0.3, -0.25) is 9.36 Å². The second-order valence-corrected chi connectivity index (χ2v) is 5.92.